The summed E-state index contributed by atoms with van der Waals surface area (Å²) in [5.41, 5.74) is -1.42. The molecule has 3 N–H and O–H groups in total. The highest BCUT2D eigenvalue weighted by Crippen LogP contribution is 2.41. The van der Waals surface area contributed by atoms with Gasteiger partial charge in [-0.1, -0.05) is 0 Å². The van der Waals surface area contributed by atoms with Crippen LogP contribution in [-0.2, 0) is 26.3 Å². The molecule has 0 aromatic carbocycles. The van der Waals surface area contributed by atoms with E-state index in [1.54, 1.807) is 19.1 Å². The van der Waals surface area contributed by atoms with E-state index < -0.39 is 16.6 Å². The molecule has 0 spiro atoms. The van der Waals surface area contributed by atoms with Gasteiger partial charge in [0.05, 0.1) is 19.4 Å². The number of aryl methyl sites for hydroxylation is 1. The SMILES string of the molecule is Cc1cc(=O)c(O)c(C2(CC(=O)NCC(=O)NCc3ccco3)CCOCC2)o1. The fraction of sp³-hybridized carbons (Fsp3) is 0.450. The van der Waals surface area contributed by atoms with Crippen LogP contribution in [0.25, 0.3) is 0 Å². The van der Waals surface area contributed by atoms with Crippen molar-refractivity contribution >= 4 is 11.8 Å². The number of amides is 2. The third kappa shape index (κ3) is 5.05. The van der Waals surface area contributed by atoms with Crippen LogP contribution >= 0.6 is 0 Å². The van der Waals surface area contributed by atoms with Crippen LogP contribution in [0.15, 0.2) is 38.1 Å². The predicted octanol–water partition coefficient (Wildman–Crippen LogP) is 1.12. The zero-order valence-electron chi connectivity index (χ0n) is 16.2. The highest BCUT2D eigenvalue weighted by molar-refractivity contribution is 5.85. The summed E-state index contributed by atoms with van der Waals surface area (Å²) >= 11 is 0. The zero-order chi connectivity index (χ0) is 20.9. The third-order valence-corrected chi connectivity index (χ3v) is 4.96. The number of aromatic hydroxyl groups is 1. The van der Waals surface area contributed by atoms with Crippen LogP contribution in [0.3, 0.4) is 0 Å². The molecule has 1 aliphatic heterocycles. The van der Waals surface area contributed by atoms with Crippen LogP contribution in [0.2, 0.25) is 0 Å². The van der Waals surface area contributed by atoms with E-state index in [1.807, 2.05) is 0 Å². The van der Waals surface area contributed by atoms with E-state index in [0.29, 0.717) is 37.6 Å². The van der Waals surface area contributed by atoms with Gasteiger partial charge in [-0.15, -0.1) is 0 Å². The average molecular weight is 404 g/mol. The van der Waals surface area contributed by atoms with Gasteiger partial charge >= 0.3 is 0 Å². The van der Waals surface area contributed by atoms with E-state index in [2.05, 4.69) is 10.6 Å². The maximum absolute atomic E-state index is 12.6. The topological polar surface area (TPSA) is 131 Å². The van der Waals surface area contributed by atoms with Crippen molar-refractivity contribution in [2.24, 2.45) is 0 Å². The Bertz CT molecular complexity index is 911. The maximum atomic E-state index is 12.6. The molecule has 0 aliphatic carbocycles. The molecule has 2 aromatic rings. The molecule has 0 atom stereocenters. The molecule has 0 bridgehead atoms. The first-order chi connectivity index (χ1) is 13.9. The van der Waals surface area contributed by atoms with Crippen LogP contribution in [0.1, 0.15) is 36.5 Å². The Labute approximate surface area is 167 Å². The van der Waals surface area contributed by atoms with Crippen molar-refractivity contribution in [3.8, 4) is 5.75 Å². The molecule has 9 nitrogen and oxygen atoms in total. The summed E-state index contributed by atoms with van der Waals surface area (Å²) in [7, 11) is 0. The summed E-state index contributed by atoms with van der Waals surface area (Å²) in [6.45, 7) is 2.38. The van der Waals surface area contributed by atoms with Crippen LogP contribution in [-0.4, -0.2) is 36.7 Å². The van der Waals surface area contributed by atoms with Gasteiger partial charge in [0.1, 0.15) is 11.5 Å². The minimum absolute atomic E-state index is 0.0399. The maximum Gasteiger partial charge on any atom is 0.239 e. The molecule has 156 valence electrons. The molecule has 3 rings (SSSR count). The van der Waals surface area contributed by atoms with Crippen molar-refractivity contribution in [3.05, 3.63) is 52.0 Å². The molecular weight excluding hydrogens is 380 g/mol. The van der Waals surface area contributed by atoms with Crippen LogP contribution in [0.5, 0.6) is 5.75 Å². The lowest BCUT2D eigenvalue weighted by molar-refractivity contribution is -0.127. The largest absolute Gasteiger partial charge is 0.502 e. The number of rotatable bonds is 7. The summed E-state index contributed by atoms with van der Waals surface area (Å²) in [6.07, 6.45) is 2.29. The molecule has 9 heteroatoms. The molecular formula is C20H24N2O7. The van der Waals surface area contributed by atoms with Gasteiger partial charge in [0.2, 0.25) is 23.0 Å². The number of carbonyl (C=O) groups is 2. The van der Waals surface area contributed by atoms with E-state index in [9.17, 15) is 19.5 Å². The van der Waals surface area contributed by atoms with Gasteiger partial charge in [-0.25, -0.2) is 0 Å². The average Bonchev–Trinajstić information content (AvgIpc) is 3.22. The summed E-state index contributed by atoms with van der Waals surface area (Å²) in [6, 6.07) is 4.65. The lowest BCUT2D eigenvalue weighted by Gasteiger charge is -2.35. The first kappa shape index (κ1) is 20.7. The van der Waals surface area contributed by atoms with E-state index in [4.69, 9.17) is 13.6 Å². The molecule has 2 aromatic heterocycles. The second-order valence-electron chi connectivity index (χ2n) is 7.10. The first-order valence-electron chi connectivity index (χ1n) is 9.37. The van der Waals surface area contributed by atoms with Crippen molar-refractivity contribution in [3.63, 3.8) is 0 Å². The molecule has 1 saturated heterocycles. The third-order valence-electron chi connectivity index (χ3n) is 4.96. The van der Waals surface area contributed by atoms with E-state index >= 15 is 0 Å². The number of furan rings is 1. The minimum Gasteiger partial charge on any atom is -0.502 e. The number of carbonyl (C=O) groups excluding carboxylic acids is 2. The molecule has 0 unspecified atom stereocenters. The van der Waals surface area contributed by atoms with Gasteiger partial charge in [-0.3, -0.25) is 14.4 Å². The van der Waals surface area contributed by atoms with E-state index in [1.165, 1.54) is 12.3 Å². The van der Waals surface area contributed by atoms with Crippen LogP contribution in [0.4, 0.5) is 0 Å². The molecule has 0 saturated carbocycles. The van der Waals surface area contributed by atoms with Gasteiger partial charge in [-0.05, 0) is 31.9 Å². The van der Waals surface area contributed by atoms with Crippen molar-refractivity contribution in [1.29, 1.82) is 0 Å². The molecule has 29 heavy (non-hydrogen) atoms. The predicted molar refractivity (Wildman–Crippen MR) is 101 cm³/mol. The molecule has 1 fully saturated rings. The summed E-state index contributed by atoms with van der Waals surface area (Å²) in [4.78, 5) is 36.5. The normalized spacial score (nSPS) is 15.6. The highest BCUT2D eigenvalue weighted by atomic mass is 16.5. The Morgan fingerprint density at radius 3 is 2.66 bits per heavy atom. The molecule has 1 aliphatic rings. The van der Waals surface area contributed by atoms with Gasteiger partial charge in [-0.2, -0.15) is 0 Å². The fourth-order valence-corrected chi connectivity index (χ4v) is 3.42. The second kappa shape index (κ2) is 8.95. The van der Waals surface area contributed by atoms with Crippen molar-refractivity contribution in [1.82, 2.24) is 10.6 Å². The zero-order valence-corrected chi connectivity index (χ0v) is 16.2. The summed E-state index contributed by atoms with van der Waals surface area (Å²) in [5, 5.41) is 15.5. The lowest BCUT2D eigenvalue weighted by atomic mass is 9.74. The Hall–Kier alpha value is -3.07. The number of hydrogen-bond donors (Lipinski definition) is 3. The van der Waals surface area contributed by atoms with E-state index in [0.717, 1.165) is 0 Å². The van der Waals surface area contributed by atoms with Crippen molar-refractivity contribution < 1.29 is 28.3 Å². The summed E-state index contributed by atoms with van der Waals surface area (Å²) in [5.74, 6) is -0.170. The van der Waals surface area contributed by atoms with Gasteiger partial charge in [0, 0.05) is 31.1 Å². The highest BCUT2D eigenvalue weighted by Gasteiger charge is 2.42. The monoisotopic (exact) mass is 404 g/mol. The Kier molecular flexibility index (Phi) is 6.38. The first-order valence-corrected chi connectivity index (χ1v) is 9.37. The number of ether oxygens (including phenoxy) is 1. The standard InChI is InChI=1S/C20H24N2O7/c1-13-9-15(23)18(26)19(29-13)20(4-7-27-8-5-20)10-16(24)22-12-17(25)21-11-14-3-2-6-28-14/h2-3,6,9,26H,4-5,7-8,10-12H2,1H3,(H,21,25)(H,22,24). The Morgan fingerprint density at radius 1 is 1.21 bits per heavy atom. The molecule has 2 amide bonds. The van der Waals surface area contributed by atoms with E-state index in [-0.39, 0.29) is 37.1 Å². The van der Waals surface area contributed by atoms with Gasteiger partial charge in [0.15, 0.2) is 5.76 Å². The van der Waals surface area contributed by atoms with Crippen molar-refractivity contribution in [2.45, 2.75) is 38.1 Å². The fourth-order valence-electron chi connectivity index (χ4n) is 3.42. The lowest BCUT2D eigenvalue weighted by Crippen LogP contribution is -2.42. The van der Waals surface area contributed by atoms with Crippen LogP contribution < -0.4 is 16.1 Å². The van der Waals surface area contributed by atoms with Gasteiger partial charge < -0.3 is 29.3 Å². The minimum atomic E-state index is -0.873. The van der Waals surface area contributed by atoms with Gasteiger partial charge in [0.25, 0.3) is 0 Å². The molecule has 0 radical (unpaired) electrons. The quantitative estimate of drug-likeness (QED) is 0.630. The van der Waals surface area contributed by atoms with Crippen LogP contribution in [0, 0.1) is 6.92 Å². The Balaban J connectivity index is 1.65. The summed E-state index contributed by atoms with van der Waals surface area (Å²) < 4.78 is 16.2. The number of hydrogen-bond acceptors (Lipinski definition) is 7. The number of nitrogens with one attached hydrogen (secondary N) is 2. The molecule has 3 heterocycles. The van der Waals surface area contributed by atoms with Crippen molar-refractivity contribution in [2.75, 3.05) is 19.8 Å². The Morgan fingerprint density at radius 2 is 1.97 bits per heavy atom. The smallest absolute Gasteiger partial charge is 0.239 e. The second-order valence-corrected chi connectivity index (χ2v) is 7.10.